The lowest BCUT2D eigenvalue weighted by Gasteiger charge is -2.09. The smallest absolute Gasteiger partial charge is 0.339 e. The van der Waals surface area contributed by atoms with Crippen molar-refractivity contribution in [1.29, 1.82) is 0 Å². The van der Waals surface area contributed by atoms with Crippen LogP contribution in [0, 0.1) is 0 Å². The lowest BCUT2D eigenvalue weighted by Crippen LogP contribution is -2.12. The van der Waals surface area contributed by atoms with E-state index >= 15 is 0 Å². The Morgan fingerprint density at radius 2 is 1.48 bits per heavy atom. The normalized spacial score (nSPS) is 10.9. The summed E-state index contributed by atoms with van der Waals surface area (Å²) >= 11 is 0. The van der Waals surface area contributed by atoms with Crippen molar-refractivity contribution in [3.05, 3.63) is 53.6 Å². The summed E-state index contributed by atoms with van der Waals surface area (Å²) in [4.78, 5) is 22.0. The fourth-order valence-electron chi connectivity index (χ4n) is 1.98. The van der Waals surface area contributed by atoms with Gasteiger partial charge < -0.3 is 19.1 Å². The van der Waals surface area contributed by atoms with Gasteiger partial charge in [0.25, 0.3) is 0 Å². The third-order valence-corrected chi connectivity index (χ3v) is 4.34. The lowest BCUT2D eigenvalue weighted by atomic mass is 10.1. The molecule has 0 unspecified atom stereocenters. The van der Waals surface area contributed by atoms with E-state index in [2.05, 4.69) is 0 Å². The van der Waals surface area contributed by atoms with E-state index in [9.17, 15) is 18.0 Å². The number of benzene rings is 2. The molecule has 2 N–H and O–H groups in total. The molecule has 25 heavy (non-hydrogen) atoms. The van der Waals surface area contributed by atoms with Gasteiger partial charge in [-0.05, 0) is 49.4 Å². The van der Waals surface area contributed by atoms with Crippen LogP contribution >= 0.6 is 0 Å². The van der Waals surface area contributed by atoms with E-state index in [-0.39, 0.29) is 10.6 Å². The summed E-state index contributed by atoms with van der Waals surface area (Å²) in [6, 6.07) is 8.36. The zero-order valence-corrected chi connectivity index (χ0v) is 13.8. The molecule has 2 rings (SSSR count). The van der Waals surface area contributed by atoms with Crippen LogP contribution in [0.3, 0.4) is 0 Å². The minimum absolute atomic E-state index is 0.157. The van der Waals surface area contributed by atoms with Crippen LogP contribution in [-0.2, 0) is 10.1 Å². The zero-order chi connectivity index (χ0) is 18.6. The summed E-state index contributed by atoms with van der Waals surface area (Å²) in [6.45, 7) is 2.21. The van der Waals surface area contributed by atoms with Gasteiger partial charge in [0.2, 0.25) is 0 Å². The number of hydrogen-bond acceptors (Lipinski definition) is 6. The predicted molar refractivity (Wildman–Crippen MR) is 85.8 cm³/mol. The zero-order valence-electron chi connectivity index (χ0n) is 13.0. The summed E-state index contributed by atoms with van der Waals surface area (Å²) in [5.41, 5.74) is -1.05. The van der Waals surface area contributed by atoms with Gasteiger partial charge in [0, 0.05) is 0 Å². The Morgan fingerprint density at radius 3 is 2.00 bits per heavy atom. The maximum atomic E-state index is 12.2. The first-order valence-corrected chi connectivity index (χ1v) is 8.43. The molecule has 0 saturated carbocycles. The van der Waals surface area contributed by atoms with Gasteiger partial charge in [-0.1, -0.05) is 0 Å². The topological polar surface area (TPSA) is 127 Å². The summed E-state index contributed by atoms with van der Waals surface area (Å²) in [5.74, 6) is -2.78. The van der Waals surface area contributed by atoms with E-state index in [4.69, 9.17) is 19.1 Å². The van der Waals surface area contributed by atoms with Gasteiger partial charge in [-0.3, -0.25) is 0 Å². The molecule has 0 radical (unpaired) electrons. The number of carboxylic acid groups (broad SMARTS) is 2. The van der Waals surface area contributed by atoms with Gasteiger partial charge in [0.15, 0.2) is 0 Å². The fraction of sp³-hybridized carbons (Fsp3) is 0.125. The molecule has 0 aliphatic carbocycles. The van der Waals surface area contributed by atoms with E-state index < -0.39 is 33.2 Å². The number of carboxylic acids is 2. The molecule has 132 valence electrons. The van der Waals surface area contributed by atoms with Gasteiger partial charge in [0.1, 0.15) is 16.4 Å². The maximum absolute atomic E-state index is 12.2. The van der Waals surface area contributed by atoms with Gasteiger partial charge in [0.05, 0.1) is 17.7 Å². The summed E-state index contributed by atoms with van der Waals surface area (Å²) in [5, 5.41) is 18.0. The quantitative estimate of drug-likeness (QED) is 0.714. The highest BCUT2D eigenvalue weighted by Crippen LogP contribution is 2.23. The number of hydrogen-bond donors (Lipinski definition) is 2. The number of ether oxygens (including phenoxy) is 1. The summed E-state index contributed by atoms with van der Waals surface area (Å²) < 4.78 is 34.6. The molecule has 2 aromatic rings. The monoisotopic (exact) mass is 366 g/mol. The molecule has 9 heteroatoms. The van der Waals surface area contributed by atoms with Gasteiger partial charge in [-0.15, -0.1) is 0 Å². The molecule has 0 fully saturated rings. The standard InChI is InChI=1S/C16H14O8S/c1-2-23-10-3-6-12(7-4-10)25(21,22)24-11-5-8-13(15(17)18)14(9-11)16(19)20/h3-9H,2H2,1H3,(H,17,18)(H,19,20). The molecule has 8 nitrogen and oxygen atoms in total. The highest BCUT2D eigenvalue weighted by molar-refractivity contribution is 7.87. The molecule has 0 heterocycles. The molecule has 0 bridgehead atoms. The minimum Gasteiger partial charge on any atom is -0.494 e. The van der Waals surface area contributed by atoms with E-state index in [0.29, 0.717) is 12.4 Å². The van der Waals surface area contributed by atoms with Crippen molar-refractivity contribution in [2.45, 2.75) is 11.8 Å². The van der Waals surface area contributed by atoms with Crippen LogP contribution in [0.2, 0.25) is 0 Å². The average Bonchev–Trinajstić information content (AvgIpc) is 2.55. The molecule has 0 spiro atoms. The number of aromatic carboxylic acids is 2. The molecule has 0 saturated heterocycles. The van der Waals surface area contributed by atoms with E-state index in [1.165, 1.54) is 24.3 Å². The van der Waals surface area contributed by atoms with Crippen molar-refractivity contribution in [3.63, 3.8) is 0 Å². The van der Waals surface area contributed by atoms with Crippen LogP contribution in [-0.4, -0.2) is 37.2 Å². The molecule has 0 aliphatic heterocycles. The van der Waals surface area contributed by atoms with E-state index in [1.807, 2.05) is 0 Å². The first-order valence-electron chi connectivity index (χ1n) is 7.02. The Morgan fingerprint density at radius 1 is 0.920 bits per heavy atom. The summed E-state index contributed by atoms with van der Waals surface area (Å²) in [6.07, 6.45) is 0. The van der Waals surface area contributed by atoms with E-state index in [0.717, 1.165) is 18.2 Å². The van der Waals surface area contributed by atoms with E-state index in [1.54, 1.807) is 6.92 Å². The number of carbonyl (C=O) groups is 2. The van der Waals surface area contributed by atoms with Crippen molar-refractivity contribution in [2.75, 3.05) is 6.61 Å². The molecule has 0 amide bonds. The maximum Gasteiger partial charge on any atom is 0.339 e. The second kappa shape index (κ2) is 7.22. The Kier molecular flexibility index (Phi) is 5.28. The van der Waals surface area contributed by atoms with Crippen molar-refractivity contribution in [1.82, 2.24) is 0 Å². The Balaban J connectivity index is 2.32. The van der Waals surface area contributed by atoms with Crippen LogP contribution in [0.25, 0.3) is 0 Å². The molecule has 0 atom stereocenters. The van der Waals surface area contributed by atoms with Crippen LogP contribution in [0.5, 0.6) is 11.5 Å². The van der Waals surface area contributed by atoms with Crippen molar-refractivity contribution in [3.8, 4) is 11.5 Å². The predicted octanol–water partition coefficient (Wildman–Crippen LogP) is 2.25. The average molecular weight is 366 g/mol. The molecular formula is C16H14O8S. The highest BCUT2D eigenvalue weighted by atomic mass is 32.2. The second-order valence-electron chi connectivity index (χ2n) is 4.76. The minimum atomic E-state index is -4.22. The Bertz CT molecular complexity index is 900. The first kappa shape index (κ1) is 18.3. The SMILES string of the molecule is CCOc1ccc(S(=O)(=O)Oc2ccc(C(=O)O)c(C(=O)O)c2)cc1. The second-order valence-corrected chi connectivity index (χ2v) is 6.31. The summed E-state index contributed by atoms with van der Waals surface area (Å²) in [7, 11) is -4.22. The number of rotatable bonds is 7. The molecular weight excluding hydrogens is 352 g/mol. The van der Waals surface area contributed by atoms with Crippen molar-refractivity contribution < 1.29 is 37.1 Å². The van der Waals surface area contributed by atoms with Crippen LogP contribution in [0.1, 0.15) is 27.6 Å². The Labute approximate surface area is 143 Å². The van der Waals surface area contributed by atoms with Crippen LogP contribution < -0.4 is 8.92 Å². The largest absolute Gasteiger partial charge is 0.494 e. The van der Waals surface area contributed by atoms with Gasteiger partial charge in [-0.25, -0.2) is 9.59 Å². The van der Waals surface area contributed by atoms with Crippen LogP contribution in [0.4, 0.5) is 0 Å². The molecule has 0 aliphatic rings. The highest BCUT2D eigenvalue weighted by Gasteiger charge is 2.21. The van der Waals surface area contributed by atoms with Gasteiger partial charge in [-0.2, -0.15) is 8.42 Å². The molecule has 0 aromatic heterocycles. The Hall–Kier alpha value is -3.07. The third-order valence-electron chi connectivity index (χ3n) is 3.08. The van der Waals surface area contributed by atoms with Gasteiger partial charge >= 0.3 is 22.1 Å². The van der Waals surface area contributed by atoms with Crippen molar-refractivity contribution in [2.24, 2.45) is 0 Å². The fourth-order valence-corrected chi connectivity index (χ4v) is 2.91. The van der Waals surface area contributed by atoms with Crippen LogP contribution in [0.15, 0.2) is 47.4 Å². The lowest BCUT2D eigenvalue weighted by molar-refractivity contribution is 0.0651. The third kappa shape index (κ3) is 4.27. The molecule has 2 aromatic carbocycles. The van der Waals surface area contributed by atoms with Crippen molar-refractivity contribution >= 4 is 22.1 Å². The first-order chi connectivity index (χ1) is 11.7.